The van der Waals surface area contributed by atoms with Gasteiger partial charge in [-0.1, -0.05) is 0 Å². The molecule has 1 aliphatic heterocycles. The van der Waals surface area contributed by atoms with Gasteiger partial charge in [0.25, 0.3) is 0 Å². The van der Waals surface area contributed by atoms with Crippen LogP contribution >= 0.6 is 0 Å². The molecule has 0 aromatic carbocycles. The van der Waals surface area contributed by atoms with Gasteiger partial charge in [-0.15, -0.1) is 0 Å². The number of carboxylic acid groups (broad SMARTS) is 2. The zero-order chi connectivity index (χ0) is 19.5. The molecule has 11 nitrogen and oxygen atoms in total. The van der Waals surface area contributed by atoms with Gasteiger partial charge in [-0.05, 0) is 6.42 Å². The maximum Gasteiger partial charge on any atom is 0.326 e. The minimum absolute atomic E-state index is 0.164. The van der Waals surface area contributed by atoms with Crippen LogP contribution in [0.2, 0.25) is 0 Å². The number of nitrogens with zero attached hydrogens (tertiary/aromatic N) is 1. The molecule has 11 heteroatoms. The maximum atomic E-state index is 10.4. The Kier molecular flexibility index (Phi) is 11.1. The molecule has 0 radical (unpaired) electrons. The van der Waals surface area contributed by atoms with Crippen molar-refractivity contribution in [2.24, 2.45) is 11.5 Å². The zero-order valence-electron chi connectivity index (χ0n) is 14.0. The number of aliphatic carboxylic acids is 2. The standard InChI is InChI=1S/C7H15NO3.C5H7NO3.CH4N2O/c1-8(2,3)5-6(9)4-7(10)11;7-4-2-1-3(6-4)5(8)9;2-1(3)4/h6,9H,4-5H2,1-3H3;3H,1-2H2,(H,6,7)(H,8,9);(H4,2,3,4). The SMILES string of the molecule is C[N+](C)(C)CC(O)CC(=O)[O-].NC(N)=O.O=C1CCC(C(=O)O)N1. The molecule has 0 aliphatic carbocycles. The topological polar surface area (TPSA) is 196 Å². The second-order valence-corrected chi connectivity index (χ2v) is 6.10. The van der Waals surface area contributed by atoms with Crippen LogP contribution in [-0.4, -0.2) is 78.4 Å². The van der Waals surface area contributed by atoms with E-state index >= 15 is 0 Å². The molecule has 24 heavy (non-hydrogen) atoms. The highest BCUT2D eigenvalue weighted by Crippen LogP contribution is 2.05. The highest BCUT2D eigenvalue weighted by molar-refractivity contribution is 5.87. The predicted octanol–water partition coefficient (Wildman–Crippen LogP) is -3.43. The van der Waals surface area contributed by atoms with Crippen LogP contribution in [0, 0.1) is 0 Å². The molecule has 0 aromatic rings. The van der Waals surface area contributed by atoms with Gasteiger partial charge in [0, 0.05) is 18.8 Å². The van der Waals surface area contributed by atoms with Crippen molar-refractivity contribution in [2.75, 3.05) is 27.7 Å². The summed E-state index contributed by atoms with van der Waals surface area (Å²) >= 11 is 0. The van der Waals surface area contributed by atoms with Gasteiger partial charge in [0.1, 0.15) is 18.7 Å². The number of hydrogen-bond acceptors (Lipinski definition) is 6. The van der Waals surface area contributed by atoms with Gasteiger partial charge in [-0.25, -0.2) is 9.59 Å². The van der Waals surface area contributed by atoms with Crippen molar-refractivity contribution in [1.82, 2.24) is 5.32 Å². The number of quaternary nitrogens is 1. The van der Waals surface area contributed by atoms with Crippen molar-refractivity contribution >= 4 is 23.9 Å². The van der Waals surface area contributed by atoms with Gasteiger partial charge in [0.2, 0.25) is 5.91 Å². The molecule has 1 rings (SSSR count). The Hall–Kier alpha value is -2.40. The molecular weight excluding hydrogens is 324 g/mol. The Balaban J connectivity index is 0. The number of carbonyl (C=O) groups excluding carboxylic acids is 3. The second-order valence-electron chi connectivity index (χ2n) is 6.10. The van der Waals surface area contributed by atoms with Crippen LogP contribution in [0.4, 0.5) is 4.79 Å². The molecule has 0 aromatic heterocycles. The molecule has 140 valence electrons. The van der Waals surface area contributed by atoms with Crippen molar-refractivity contribution in [2.45, 2.75) is 31.4 Å². The molecule has 3 amide bonds. The normalized spacial score (nSPS) is 17.3. The van der Waals surface area contributed by atoms with Crippen molar-refractivity contribution in [3.8, 4) is 0 Å². The Morgan fingerprint density at radius 3 is 2.00 bits per heavy atom. The van der Waals surface area contributed by atoms with Crippen LogP contribution in [-0.2, 0) is 14.4 Å². The Labute approximate surface area is 139 Å². The summed E-state index contributed by atoms with van der Waals surface area (Å²) in [6.45, 7) is 0.425. The van der Waals surface area contributed by atoms with Crippen molar-refractivity contribution < 1.29 is 39.0 Å². The monoisotopic (exact) mass is 350 g/mol. The third kappa shape index (κ3) is 17.7. The quantitative estimate of drug-likeness (QED) is 0.318. The van der Waals surface area contributed by atoms with Gasteiger partial charge >= 0.3 is 12.0 Å². The average molecular weight is 350 g/mol. The highest BCUT2D eigenvalue weighted by Gasteiger charge is 2.26. The molecule has 0 spiro atoms. The number of hydrogen-bond donors (Lipinski definition) is 5. The van der Waals surface area contributed by atoms with Crippen molar-refractivity contribution in [3.63, 3.8) is 0 Å². The lowest BCUT2D eigenvalue weighted by molar-refractivity contribution is -0.873. The van der Waals surface area contributed by atoms with Crippen LogP contribution in [0.3, 0.4) is 0 Å². The first-order chi connectivity index (χ1) is 10.7. The number of carbonyl (C=O) groups is 4. The molecule has 0 saturated carbocycles. The van der Waals surface area contributed by atoms with Crippen LogP contribution in [0.15, 0.2) is 0 Å². The van der Waals surface area contributed by atoms with E-state index in [2.05, 4.69) is 16.8 Å². The molecule has 1 aliphatic rings. The molecule has 1 saturated heterocycles. The predicted molar refractivity (Wildman–Crippen MR) is 81.1 cm³/mol. The molecule has 2 unspecified atom stereocenters. The van der Waals surface area contributed by atoms with Gasteiger partial charge in [-0.2, -0.15) is 0 Å². The van der Waals surface area contributed by atoms with Gasteiger partial charge in [0.15, 0.2) is 0 Å². The van der Waals surface area contributed by atoms with Crippen LogP contribution in [0.5, 0.6) is 0 Å². The van der Waals surface area contributed by atoms with E-state index in [4.69, 9.17) is 15.0 Å². The summed E-state index contributed by atoms with van der Waals surface area (Å²) in [7, 11) is 5.66. The number of carboxylic acids is 2. The average Bonchev–Trinajstić information content (AvgIpc) is 2.72. The maximum absolute atomic E-state index is 10.4. The van der Waals surface area contributed by atoms with E-state index in [1.54, 1.807) is 0 Å². The molecule has 1 fully saturated rings. The summed E-state index contributed by atoms with van der Waals surface area (Å²) in [5.74, 6) is -2.31. The van der Waals surface area contributed by atoms with E-state index in [1.807, 2.05) is 21.1 Å². The van der Waals surface area contributed by atoms with E-state index in [-0.39, 0.29) is 12.3 Å². The summed E-state index contributed by atoms with van der Waals surface area (Å²) in [4.78, 5) is 39.5. The number of primary amides is 2. The van der Waals surface area contributed by atoms with E-state index in [1.165, 1.54) is 0 Å². The van der Waals surface area contributed by atoms with E-state index in [0.717, 1.165) is 0 Å². The number of likely N-dealkylation sites (N-methyl/N-ethyl adjacent to an activating group) is 1. The summed E-state index contributed by atoms with van der Waals surface area (Å²) in [5.41, 5.74) is 8.50. The number of nitrogens with one attached hydrogen (secondary N) is 1. The second kappa shape index (κ2) is 11.2. The molecule has 7 N–H and O–H groups in total. The Bertz CT molecular complexity index is 444. The first-order valence-corrected chi connectivity index (χ1v) is 7.00. The first kappa shape index (κ1) is 23.9. The summed E-state index contributed by atoms with van der Waals surface area (Å²) in [5, 5.41) is 29.8. The van der Waals surface area contributed by atoms with E-state index in [0.29, 0.717) is 23.9 Å². The largest absolute Gasteiger partial charge is 0.550 e. The Morgan fingerprint density at radius 2 is 1.79 bits per heavy atom. The smallest absolute Gasteiger partial charge is 0.326 e. The van der Waals surface area contributed by atoms with E-state index < -0.39 is 30.1 Å². The minimum atomic E-state index is -1.20. The first-order valence-electron chi connectivity index (χ1n) is 7.00. The molecule has 2 atom stereocenters. The fourth-order valence-electron chi connectivity index (χ4n) is 1.69. The van der Waals surface area contributed by atoms with Crippen LogP contribution < -0.4 is 21.9 Å². The Morgan fingerprint density at radius 1 is 1.33 bits per heavy atom. The minimum Gasteiger partial charge on any atom is -0.550 e. The summed E-state index contributed by atoms with van der Waals surface area (Å²) < 4.78 is 0.550. The lowest BCUT2D eigenvalue weighted by Crippen LogP contribution is -2.43. The molecular formula is C13H26N4O7. The summed E-state index contributed by atoms with van der Waals surface area (Å²) in [6, 6.07) is -1.47. The number of aliphatic hydroxyl groups excluding tert-OH is 1. The summed E-state index contributed by atoms with van der Waals surface area (Å²) in [6.07, 6.45) is -0.319. The number of nitrogens with two attached hydrogens (primary N) is 2. The number of amides is 3. The zero-order valence-corrected chi connectivity index (χ0v) is 14.0. The van der Waals surface area contributed by atoms with Gasteiger partial charge in [0.05, 0.1) is 21.1 Å². The van der Waals surface area contributed by atoms with Crippen LogP contribution in [0.1, 0.15) is 19.3 Å². The number of aliphatic hydroxyl groups is 1. The van der Waals surface area contributed by atoms with Crippen molar-refractivity contribution in [3.05, 3.63) is 0 Å². The fraction of sp³-hybridized carbons (Fsp3) is 0.692. The lowest BCUT2D eigenvalue weighted by Gasteiger charge is -2.26. The fourth-order valence-corrected chi connectivity index (χ4v) is 1.69. The lowest BCUT2D eigenvalue weighted by atomic mass is 10.2. The highest BCUT2D eigenvalue weighted by atomic mass is 16.4. The molecule has 1 heterocycles. The number of urea groups is 1. The third-order valence-electron chi connectivity index (χ3n) is 2.45. The number of rotatable bonds is 5. The van der Waals surface area contributed by atoms with E-state index in [9.17, 15) is 19.5 Å². The van der Waals surface area contributed by atoms with Crippen molar-refractivity contribution in [1.29, 1.82) is 0 Å². The van der Waals surface area contributed by atoms with Crippen LogP contribution in [0.25, 0.3) is 0 Å². The third-order valence-corrected chi connectivity index (χ3v) is 2.45. The van der Waals surface area contributed by atoms with Gasteiger partial charge in [-0.3, -0.25) is 4.79 Å². The molecule has 0 bridgehead atoms. The van der Waals surface area contributed by atoms with Gasteiger partial charge < -0.3 is 41.4 Å².